The minimum Gasteiger partial charge on any atom is -0.297 e. The molecule has 0 bridgehead atoms. The number of alkyl halides is 1. The standard InChI is InChI=1S/C11H10BrN3S/c12-6-9-7-16-11-14-13-10(15(9)11)8-4-2-1-3-5-8/h1-5,9H,6-7H2/t9-/m0/s1. The molecule has 3 nitrogen and oxygen atoms in total. The highest BCUT2D eigenvalue weighted by Gasteiger charge is 2.27. The summed E-state index contributed by atoms with van der Waals surface area (Å²) in [4.78, 5) is 0. The van der Waals surface area contributed by atoms with Crippen LogP contribution in [0.25, 0.3) is 11.4 Å². The Labute approximate surface area is 106 Å². The first-order valence-corrected chi connectivity index (χ1v) is 7.20. The van der Waals surface area contributed by atoms with Crippen molar-refractivity contribution in [2.24, 2.45) is 0 Å². The van der Waals surface area contributed by atoms with Crippen LogP contribution >= 0.6 is 27.7 Å². The van der Waals surface area contributed by atoms with E-state index in [4.69, 9.17) is 0 Å². The number of halogens is 1. The lowest BCUT2D eigenvalue weighted by atomic mass is 10.2. The van der Waals surface area contributed by atoms with E-state index in [9.17, 15) is 0 Å². The lowest BCUT2D eigenvalue weighted by Crippen LogP contribution is -2.09. The van der Waals surface area contributed by atoms with Crippen LogP contribution in [0.5, 0.6) is 0 Å². The van der Waals surface area contributed by atoms with Gasteiger partial charge in [-0.05, 0) is 0 Å². The minimum atomic E-state index is 0.463. The molecule has 1 aliphatic heterocycles. The average Bonchev–Trinajstić information content (AvgIpc) is 2.90. The molecule has 0 aliphatic carbocycles. The molecule has 1 atom stereocenters. The van der Waals surface area contributed by atoms with E-state index in [0.717, 1.165) is 27.6 Å². The fourth-order valence-electron chi connectivity index (χ4n) is 1.85. The Morgan fingerprint density at radius 1 is 1.31 bits per heavy atom. The summed E-state index contributed by atoms with van der Waals surface area (Å²) >= 11 is 5.32. The van der Waals surface area contributed by atoms with Gasteiger partial charge < -0.3 is 0 Å². The summed E-state index contributed by atoms with van der Waals surface area (Å²) in [5.41, 5.74) is 1.13. The molecule has 2 heterocycles. The summed E-state index contributed by atoms with van der Waals surface area (Å²) in [6, 6.07) is 10.7. The number of fused-ring (bicyclic) bond motifs is 1. The maximum atomic E-state index is 4.28. The Balaban J connectivity index is 2.10. The maximum absolute atomic E-state index is 4.28. The lowest BCUT2D eigenvalue weighted by Gasteiger charge is -2.10. The quantitative estimate of drug-likeness (QED) is 0.798. The van der Waals surface area contributed by atoms with Crippen LogP contribution in [0.1, 0.15) is 6.04 Å². The summed E-state index contributed by atoms with van der Waals surface area (Å²) in [5, 5.41) is 10.5. The van der Waals surface area contributed by atoms with Crippen molar-refractivity contribution in [3.63, 3.8) is 0 Å². The molecule has 1 aliphatic rings. The van der Waals surface area contributed by atoms with Gasteiger partial charge in [0, 0.05) is 16.6 Å². The fraction of sp³-hybridized carbons (Fsp3) is 0.273. The second kappa shape index (κ2) is 4.22. The topological polar surface area (TPSA) is 30.7 Å². The van der Waals surface area contributed by atoms with Crippen molar-refractivity contribution in [1.82, 2.24) is 14.8 Å². The van der Waals surface area contributed by atoms with E-state index < -0.39 is 0 Å². The Morgan fingerprint density at radius 3 is 2.88 bits per heavy atom. The molecular formula is C11H10BrN3S. The van der Waals surface area contributed by atoms with Crippen molar-refractivity contribution in [3.05, 3.63) is 30.3 Å². The molecule has 0 unspecified atom stereocenters. The van der Waals surface area contributed by atoms with E-state index in [1.165, 1.54) is 0 Å². The molecule has 2 aromatic rings. The highest BCUT2D eigenvalue weighted by Crippen LogP contribution is 2.36. The number of rotatable bonds is 2. The van der Waals surface area contributed by atoms with E-state index in [-0.39, 0.29) is 0 Å². The molecule has 82 valence electrons. The summed E-state index contributed by atoms with van der Waals surface area (Å²) in [6.07, 6.45) is 0. The summed E-state index contributed by atoms with van der Waals surface area (Å²) in [6.45, 7) is 0. The van der Waals surface area contributed by atoms with E-state index in [0.29, 0.717) is 6.04 Å². The molecule has 1 aromatic carbocycles. The summed E-state index contributed by atoms with van der Waals surface area (Å²) < 4.78 is 2.23. The van der Waals surface area contributed by atoms with Crippen LogP contribution in [0.3, 0.4) is 0 Å². The zero-order chi connectivity index (χ0) is 11.0. The molecule has 3 rings (SSSR count). The molecule has 16 heavy (non-hydrogen) atoms. The monoisotopic (exact) mass is 295 g/mol. The number of hydrogen-bond donors (Lipinski definition) is 0. The van der Waals surface area contributed by atoms with Crippen molar-refractivity contribution in [3.8, 4) is 11.4 Å². The first-order chi connectivity index (χ1) is 7.90. The first kappa shape index (κ1) is 10.4. The lowest BCUT2D eigenvalue weighted by molar-refractivity contribution is 0.600. The minimum absolute atomic E-state index is 0.463. The van der Waals surface area contributed by atoms with Crippen LogP contribution in [0.2, 0.25) is 0 Å². The van der Waals surface area contributed by atoms with Gasteiger partial charge in [-0.3, -0.25) is 4.57 Å². The maximum Gasteiger partial charge on any atom is 0.191 e. The van der Waals surface area contributed by atoms with Gasteiger partial charge in [0.05, 0.1) is 6.04 Å². The normalized spacial score (nSPS) is 18.7. The van der Waals surface area contributed by atoms with Crippen LogP contribution in [0.4, 0.5) is 0 Å². The second-order valence-electron chi connectivity index (χ2n) is 3.66. The number of nitrogens with zero attached hydrogens (tertiary/aromatic N) is 3. The Kier molecular flexibility index (Phi) is 2.73. The van der Waals surface area contributed by atoms with Crippen LogP contribution in [-0.4, -0.2) is 25.8 Å². The van der Waals surface area contributed by atoms with Gasteiger partial charge in [-0.1, -0.05) is 58.0 Å². The van der Waals surface area contributed by atoms with Crippen molar-refractivity contribution < 1.29 is 0 Å². The number of thioether (sulfide) groups is 1. The van der Waals surface area contributed by atoms with Crippen molar-refractivity contribution in [2.45, 2.75) is 11.2 Å². The fourth-order valence-corrected chi connectivity index (χ4v) is 3.75. The highest BCUT2D eigenvalue weighted by molar-refractivity contribution is 9.09. The second-order valence-corrected chi connectivity index (χ2v) is 5.30. The van der Waals surface area contributed by atoms with Crippen molar-refractivity contribution >= 4 is 27.7 Å². The molecule has 0 radical (unpaired) electrons. The SMILES string of the molecule is BrC[C@H]1CSc2nnc(-c3ccccc3)n21. The number of aromatic nitrogens is 3. The van der Waals surface area contributed by atoms with Gasteiger partial charge in [-0.15, -0.1) is 10.2 Å². The Morgan fingerprint density at radius 2 is 2.12 bits per heavy atom. The zero-order valence-electron chi connectivity index (χ0n) is 8.51. The smallest absolute Gasteiger partial charge is 0.191 e. The highest BCUT2D eigenvalue weighted by atomic mass is 79.9. The van der Waals surface area contributed by atoms with Gasteiger partial charge in [0.25, 0.3) is 0 Å². The molecule has 0 spiro atoms. The van der Waals surface area contributed by atoms with Gasteiger partial charge in [0.1, 0.15) is 0 Å². The van der Waals surface area contributed by atoms with E-state index in [1.807, 2.05) is 18.2 Å². The average molecular weight is 296 g/mol. The first-order valence-electron chi connectivity index (χ1n) is 5.09. The van der Waals surface area contributed by atoms with Crippen molar-refractivity contribution in [1.29, 1.82) is 0 Å². The predicted molar refractivity (Wildman–Crippen MR) is 69.0 cm³/mol. The van der Waals surface area contributed by atoms with Crippen LogP contribution in [0.15, 0.2) is 35.5 Å². The molecule has 0 saturated carbocycles. The summed E-state index contributed by atoms with van der Waals surface area (Å²) in [5.74, 6) is 2.06. The Hall–Kier alpha value is -0.810. The van der Waals surface area contributed by atoms with E-state index in [1.54, 1.807) is 11.8 Å². The number of benzene rings is 1. The third-order valence-corrected chi connectivity index (χ3v) is 4.48. The largest absolute Gasteiger partial charge is 0.297 e. The van der Waals surface area contributed by atoms with Crippen LogP contribution in [-0.2, 0) is 0 Å². The van der Waals surface area contributed by atoms with E-state index >= 15 is 0 Å². The molecule has 0 N–H and O–H groups in total. The van der Waals surface area contributed by atoms with Gasteiger partial charge in [-0.25, -0.2) is 0 Å². The third-order valence-electron chi connectivity index (χ3n) is 2.64. The molecule has 1 aromatic heterocycles. The van der Waals surface area contributed by atoms with Gasteiger partial charge in [0.2, 0.25) is 0 Å². The molecule has 0 amide bonds. The molecule has 5 heteroatoms. The van der Waals surface area contributed by atoms with Gasteiger partial charge in [0.15, 0.2) is 11.0 Å². The third kappa shape index (κ3) is 1.58. The Bertz CT molecular complexity index is 497. The van der Waals surface area contributed by atoms with E-state index in [2.05, 4.69) is 42.8 Å². The zero-order valence-corrected chi connectivity index (χ0v) is 10.9. The van der Waals surface area contributed by atoms with Crippen molar-refractivity contribution in [2.75, 3.05) is 11.1 Å². The molecule has 0 saturated heterocycles. The van der Waals surface area contributed by atoms with Crippen LogP contribution < -0.4 is 0 Å². The van der Waals surface area contributed by atoms with Gasteiger partial charge in [-0.2, -0.15) is 0 Å². The number of hydrogen-bond acceptors (Lipinski definition) is 3. The predicted octanol–water partition coefficient (Wildman–Crippen LogP) is 2.99. The molecule has 0 fully saturated rings. The summed E-state index contributed by atoms with van der Waals surface area (Å²) in [7, 11) is 0. The van der Waals surface area contributed by atoms with Crippen LogP contribution in [0, 0.1) is 0 Å². The van der Waals surface area contributed by atoms with Gasteiger partial charge >= 0.3 is 0 Å². The molecular weight excluding hydrogens is 286 g/mol.